The molecule has 1 aliphatic heterocycles. The first-order chi connectivity index (χ1) is 14.0. The molecule has 0 atom stereocenters. The third kappa shape index (κ3) is 5.93. The van der Waals surface area contributed by atoms with Crippen LogP contribution in [0.4, 0.5) is 5.69 Å². The number of carbonyl (C=O) groups excluding carboxylic acids is 1. The van der Waals surface area contributed by atoms with Gasteiger partial charge in [-0.15, -0.1) is 0 Å². The minimum absolute atomic E-state index is 0.112. The predicted molar refractivity (Wildman–Crippen MR) is 113 cm³/mol. The molecule has 0 unspecified atom stereocenters. The van der Waals surface area contributed by atoms with Gasteiger partial charge in [0, 0.05) is 31.2 Å². The van der Waals surface area contributed by atoms with Crippen LogP contribution in [0.2, 0.25) is 5.02 Å². The molecule has 7 nitrogen and oxygen atoms in total. The molecule has 156 valence electrons. The van der Waals surface area contributed by atoms with E-state index in [1.54, 1.807) is 36.4 Å². The maximum absolute atomic E-state index is 13.2. The summed E-state index contributed by atoms with van der Waals surface area (Å²) >= 11 is 6.05. The monoisotopic (exact) mass is 437 g/mol. The first kappa shape index (κ1) is 21.6. The molecule has 1 amide bonds. The Morgan fingerprint density at radius 3 is 2.52 bits per heavy atom. The Kier molecular flexibility index (Phi) is 7.49. The second-order valence-electron chi connectivity index (χ2n) is 6.61. The summed E-state index contributed by atoms with van der Waals surface area (Å²) in [6.45, 7) is 3.82. The highest BCUT2D eigenvalue weighted by atomic mass is 35.5. The summed E-state index contributed by atoms with van der Waals surface area (Å²) in [4.78, 5) is 14.8. The number of nitrogens with one attached hydrogen (secondary N) is 1. The van der Waals surface area contributed by atoms with E-state index in [1.807, 2.05) is 0 Å². The average molecular weight is 438 g/mol. The standard InChI is InChI=1S/C20H24ClN3O4S/c21-17-5-4-6-18(15-17)24(29(26,27)19-7-2-1-3-8-19)16-20(25)22-9-10-23-11-13-28-14-12-23/h1-8,15H,9-14,16H2,(H,22,25). The summed E-state index contributed by atoms with van der Waals surface area (Å²) in [5.74, 6) is -0.377. The lowest BCUT2D eigenvalue weighted by molar-refractivity contribution is -0.119. The number of morpholine rings is 1. The van der Waals surface area contributed by atoms with Crippen molar-refractivity contribution in [3.63, 3.8) is 0 Å². The molecule has 0 spiro atoms. The predicted octanol–water partition coefficient (Wildman–Crippen LogP) is 1.98. The lowest BCUT2D eigenvalue weighted by Gasteiger charge is -2.27. The number of hydrogen-bond donors (Lipinski definition) is 1. The molecule has 0 aromatic heterocycles. The van der Waals surface area contributed by atoms with Gasteiger partial charge in [-0.3, -0.25) is 14.0 Å². The Morgan fingerprint density at radius 1 is 1.10 bits per heavy atom. The summed E-state index contributed by atoms with van der Waals surface area (Å²) in [6, 6.07) is 14.5. The quantitative estimate of drug-likeness (QED) is 0.683. The summed E-state index contributed by atoms with van der Waals surface area (Å²) in [5, 5.41) is 3.20. The van der Waals surface area contributed by atoms with Crippen molar-refractivity contribution in [1.82, 2.24) is 10.2 Å². The van der Waals surface area contributed by atoms with Crippen LogP contribution < -0.4 is 9.62 Å². The van der Waals surface area contributed by atoms with Crippen molar-refractivity contribution >= 4 is 33.2 Å². The van der Waals surface area contributed by atoms with E-state index >= 15 is 0 Å². The molecular weight excluding hydrogens is 414 g/mol. The average Bonchev–Trinajstić information content (AvgIpc) is 2.73. The van der Waals surface area contributed by atoms with E-state index in [0.29, 0.717) is 37.0 Å². The highest BCUT2D eigenvalue weighted by Crippen LogP contribution is 2.25. The number of sulfonamides is 1. The van der Waals surface area contributed by atoms with Crippen LogP contribution in [-0.2, 0) is 19.6 Å². The van der Waals surface area contributed by atoms with Crippen molar-refractivity contribution in [2.24, 2.45) is 0 Å². The maximum Gasteiger partial charge on any atom is 0.264 e. The number of hydrogen-bond acceptors (Lipinski definition) is 5. The minimum Gasteiger partial charge on any atom is -0.379 e. The number of amides is 1. The van der Waals surface area contributed by atoms with Crippen LogP contribution in [-0.4, -0.2) is 65.2 Å². The van der Waals surface area contributed by atoms with Crippen molar-refractivity contribution in [3.8, 4) is 0 Å². The molecular formula is C20H24ClN3O4S. The van der Waals surface area contributed by atoms with Gasteiger partial charge in [-0.1, -0.05) is 35.9 Å². The zero-order chi connectivity index (χ0) is 20.7. The maximum atomic E-state index is 13.2. The van der Waals surface area contributed by atoms with Gasteiger partial charge in [-0.2, -0.15) is 0 Å². The molecule has 1 heterocycles. The van der Waals surface area contributed by atoms with Gasteiger partial charge in [0.05, 0.1) is 23.8 Å². The SMILES string of the molecule is O=C(CN(c1cccc(Cl)c1)S(=O)(=O)c1ccccc1)NCCN1CCOCC1. The first-order valence-corrected chi connectivity index (χ1v) is 11.2. The molecule has 0 aliphatic carbocycles. The number of halogens is 1. The molecule has 1 N–H and O–H groups in total. The third-order valence-electron chi connectivity index (χ3n) is 4.57. The lowest BCUT2D eigenvalue weighted by Crippen LogP contribution is -2.44. The first-order valence-electron chi connectivity index (χ1n) is 9.37. The van der Waals surface area contributed by atoms with Crippen molar-refractivity contribution in [1.29, 1.82) is 0 Å². The van der Waals surface area contributed by atoms with Crippen LogP contribution >= 0.6 is 11.6 Å². The molecule has 1 aliphatic rings. The highest BCUT2D eigenvalue weighted by molar-refractivity contribution is 7.92. The van der Waals surface area contributed by atoms with Gasteiger partial charge in [0.15, 0.2) is 0 Å². The lowest BCUT2D eigenvalue weighted by atomic mass is 10.3. The van der Waals surface area contributed by atoms with Crippen molar-refractivity contribution in [2.45, 2.75) is 4.90 Å². The van der Waals surface area contributed by atoms with Crippen LogP contribution in [0.15, 0.2) is 59.5 Å². The normalized spacial score (nSPS) is 15.1. The largest absolute Gasteiger partial charge is 0.379 e. The molecule has 2 aromatic rings. The third-order valence-corrected chi connectivity index (χ3v) is 6.59. The van der Waals surface area contributed by atoms with E-state index in [-0.39, 0.29) is 17.3 Å². The number of benzene rings is 2. The molecule has 1 saturated heterocycles. The van der Waals surface area contributed by atoms with Gasteiger partial charge in [0.25, 0.3) is 10.0 Å². The summed E-state index contributed by atoms with van der Waals surface area (Å²) in [6.07, 6.45) is 0. The topological polar surface area (TPSA) is 79.0 Å². The summed E-state index contributed by atoms with van der Waals surface area (Å²) in [5.41, 5.74) is 0.338. The highest BCUT2D eigenvalue weighted by Gasteiger charge is 2.27. The molecule has 0 bridgehead atoms. The van der Waals surface area contributed by atoms with Crippen molar-refractivity contribution < 1.29 is 17.9 Å². The number of carbonyl (C=O) groups is 1. The van der Waals surface area contributed by atoms with Crippen LogP contribution in [0.1, 0.15) is 0 Å². The molecule has 0 radical (unpaired) electrons. The van der Waals surface area contributed by atoms with Gasteiger partial charge >= 0.3 is 0 Å². The van der Waals surface area contributed by atoms with E-state index in [4.69, 9.17) is 16.3 Å². The van der Waals surface area contributed by atoms with Gasteiger partial charge in [-0.25, -0.2) is 8.42 Å². The Morgan fingerprint density at radius 2 is 1.83 bits per heavy atom. The molecule has 0 saturated carbocycles. The second-order valence-corrected chi connectivity index (χ2v) is 8.91. The summed E-state index contributed by atoms with van der Waals surface area (Å²) < 4.78 is 32.7. The molecule has 9 heteroatoms. The Bertz CT molecular complexity index is 918. The molecule has 2 aromatic carbocycles. The van der Waals surface area contributed by atoms with E-state index in [2.05, 4.69) is 10.2 Å². The fourth-order valence-electron chi connectivity index (χ4n) is 3.03. The van der Waals surface area contributed by atoms with E-state index in [9.17, 15) is 13.2 Å². The fourth-order valence-corrected chi connectivity index (χ4v) is 4.65. The van der Waals surface area contributed by atoms with Gasteiger partial charge in [-0.05, 0) is 30.3 Å². The zero-order valence-electron chi connectivity index (χ0n) is 16.0. The Labute approximate surface area is 176 Å². The van der Waals surface area contributed by atoms with Gasteiger partial charge in [0.1, 0.15) is 6.54 Å². The summed E-state index contributed by atoms with van der Waals surface area (Å²) in [7, 11) is -3.92. The van der Waals surface area contributed by atoms with Crippen LogP contribution in [0.3, 0.4) is 0 Å². The Hall–Kier alpha value is -2.13. The van der Waals surface area contributed by atoms with Gasteiger partial charge < -0.3 is 10.1 Å². The van der Waals surface area contributed by atoms with Crippen molar-refractivity contribution in [2.75, 3.05) is 50.2 Å². The second kappa shape index (κ2) is 10.1. The molecule has 1 fully saturated rings. The van der Waals surface area contributed by atoms with Gasteiger partial charge in [0.2, 0.25) is 5.91 Å². The number of ether oxygens (including phenoxy) is 1. The smallest absolute Gasteiger partial charge is 0.264 e. The Balaban J connectivity index is 1.72. The fraction of sp³-hybridized carbons (Fsp3) is 0.350. The number of rotatable bonds is 8. The van der Waals surface area contributed by atoms with E-state index in [1.165, 1.54) is 18.2 Å². The van der Waals surface area contributed by atoms with Crippen LogP contribution in [0.25, 0.3) is 0 Å². The van der Waals surface area contributed by atoms with Crippen LogP contribution in [0.5, 0.6) is 0 Å². The van der Waals surface area contributed by atoms with Crippen molar-refractivity contribution in [3.05, 3.63) is 59.6 Å². The molecule has 29 heavy (non-hydrogen) atoms. The molecule has 3 rings (SSSR count). The number of anilines is 1. The number of nitrogens with zero attached hydrogens (tertiary/aromatic N) is 2. The zero-order valence-corrected chi connectivity index (χ0v) is 17.5. The minimum atomic E-state index is -3.92. The van der Waals surface area contributed by atoms with E-state index < -0.39 is 10.0 Å². The van der Waals surface area contributed by atoms with E-state index in [0.717, 1.165) is 17.4 Å². The van der Waals surface area contributed by atoms with Crippen LogP contribution in [0, 0.1) is 0 Å².